The first-order chi connectivity index (χ1) is 17.8. The molecule has 1 aliphatic heterocycles. The molecule has 0 saturated heterocycles. The van der Waals surface area contributed by atoms with Crippen LogP contribution in [0.5, 0.6) is 0 Å². The fourth-order valence-corrected chi connectivity index (χ4v) is 4.41. The molecular formula is C27H32N2O8. The number of aliphatic hydroxyl groups excluding tert-OH is 1. The molecule has 0 spiro atoms. The van der Waals surface area contributed by atoms with Crippen LogP contribution in [0.3, 0.4) is 0 Å². The molecule has 198 valence electrons. The van der Waals surface area contributed by atoms with Crippen molar-refractivity contribution in [2.24, 2.45) is 5.92 Å². The second-order valence-corrected chi connectivity index (χ2v) is 9.18. The lowest BCUT2D eigenvalue weighted by Gasteiger charge is -2.31. The van der Waals surface area contributed by atoms with E-state index < -0.39 is 30.1 Å². The molecule has 3 aromatic rings. The first kappa shape index (κ1) is 26.4. The van der Waals surface area contributed by atoms with Crippen molar-refractivity contribution in [3.8, 4) is 0 Å². The number of benzene rings is 1. The zero-order chi connectivity index (χ0) is 26.5. The summed E-state index contributed by atoms with van der Waals surface area (Å²) < 4.78 is 23.5. The second-order valence-electron chi connectivity index (χ2n) is 9.18. The summed E-state index contributed by atoms with van der Waals surface area (Å²) in [4.78, 5) is 39.6. The van der Waals surface area contributed by atoms with Gasteiger partial charge in [0.2, 0.25) is 0 Å². The largest absolute Gasteiger partial charge is 0.463 e. The quantitative estimate of drug-likeness (QED) is 0.287. The number of unbranched alkanes of at least 4 members (excludes halogenated alkanes) is 1. The Bertz CT molecular complexity index is 1260. The van der Waals surface area contributed by atoms with E-state index in [-0.39, 0.29) is 25.9 Å². The van der Waals surface area contributed by atoms with Crippen molar-refractivity contribution < 1.29 is 38.1 Å². The van der Waals surface area contributed by atoms with Crippen LogP contribution >= 0.6 is 0 Å². The summed E-state index contributed by atoms with van der Waals surface area (Å²) in [6.07, 6.45) is 1.98. The maximum absolute atomic E-state index is 13.0. The highest BCUT2D eigenvalue weighted by Crippen LogP contribution is 2.35. The number of aromatic nitrogens is 1. The smallest absolute Gasteiger partial charge is 0.355 e. The third-order valence-electron chi connectivity index (χ3n) is 6.30. The Labute approximate surface area is 214 Å². The van der Waals surface area contributed by atoms with Gasteiger partial charge in [0, 0.05) is 23.3 Å². The maximum Gasteiger partial charge on any atom is 0.355 e. The fourth-order valence-electron chi connectivity index (χ4n) is 4.41. The Balaban J connectivity index is 1.34. The van der Waals surface area contributed by atoms with Crippen LogP contribution in [0.15, 0.2) is 47.1 Å². The molecular weight excluding hydrogens is 480 g/mol. The van der Waals surface area contributed by atoms with E-state index in [4.69, 9.17) is 18.6 Å². The Morgan fingerprint density at radius 1 is 1.11 bits per heavy atom. The van der Waals surface area contributed by atoms with Crippen LogP contribution in [-0.2, 0) is 25.7 Å². The van der Waals surface area contributed by atoms with Gasteiger partial charge in [-0.3, -0.25) is 9.69 Å². The second kappa shape index (κ2) is 11.6. The van der Waals surface area contributed by atoms with Gasteiger partial charge in [-0.2, -0.15) is 0 Å². The summed E-state index contributed by atoms with van der Waals surface area (Å²) in [7, 11) is 0. The van der Waals surface area contributed by atoms with Gasteiger partial charge in [-0.15, -0.1) is 0 Å². The summed E-state index contributed by atoms with van der Waals surface area (Å²) >= 11 is 0. The monoisotopic (exact) mass is 512 g/mol. The lowest BCUT2D eigenvalue weighted by atomic mass is 10.0. The fraction of sp³-hybridized carbons (Fsp3) is 0.444. The highest BCUT2D eigenvalue weighted by atomic mass is 16.6. The zero-order valence-corrected chi connectivity index (χ0v) is 21.2. The lowest BCUT2D eigenvalue weighted by Crippen LogP contribution is -2.47. The van der Waals surface area contributed by atoms with Gasteiger partial charge >= 0.3 is 11.9 Å². The maximum atomic E-state index is 13.0. The molecule has 10 heteroatoms. The third-order valence-corrected chi connectivity index (χ3v) is 6.30. The number of hydrogen-bond donors (Lipinski definition) is 1. The van der Waals surface area contributed by atoms with E-state index in [1.54, 1.807) is 54.8 Å². The molecule has 10 nitrogen and oxygen atoms in total. The van der Waals surface area contributed by atoms with E-state index >= 15 is 0 Å². The molecule has 0 fully saturated rings. The van der Waals surface area contributed by atoms with Gasteiger partial charge in [0.15, 0.2) is 11.8 Å². The predicted octanol–water partition coefficient (Wildman–Crippen LogP) is 3.88. The standard InChI is InChI=1S/C27H32N2O8/c1-4-5-11-36-26(32)21-15-22-20(10-12-35-22)28(21)16-34-13-14-37-27(33)23(17(2)3)29-24(30)18-8-6-7-9-19(18)25(29)31/h6-10,12,15,17,23-24,30H,4-5,11,13-14,16H2,1-3H3. The number of carbonyl (C=O) groups is 3. The average molecular weight is 513 g/mol. The SMILES string of the molecule is CCCCOC(=O)c1cc2occc2n1COCCOC(=O)C(C(C)C)N1C(=O)c2ccccc2C1O. The topological polar surface area (TPSA) is 120 Å². The van der Waals surface area contributed by atoms with E-state index in [1.165, 1.54) is 11.2 Å². The molecule has 2 aromatic heterocycles. The molecule has 3 heterocycles. The third kappa shape index (κ3) is 5.40. The van der Waals surface area contributed by atoms with Crippen LogP contribution < -0.4 is 0 Å². The van der Waals surface area contributed by atoms with Gasteiger partial charge in [0.25, 0.3) is 5.91 Å². The van der Waals surface area contributed by atoms with E-state index in [0.29, 0.717) is 34.5 Å². The molecule has 37 heavy (non-hydrogen) atoms. The Morgan fingerprint density at radius 3 is 2.62 bits per heavy atom. The number of esters is 2. The molecule has 2 atom stereocenters. The van der Waals surface area contributed by atoms with Crippen LogP contribution in [0.25, 0.3) is 11.1 Å². The van der Waals surface area contributed by atoms with Crippen molar-refractivity contribution in [3.05, 3.63) is 59.5 Å². The summed E-state index contributed by atoms with van der Waals surface area (Å²) in [5.74, 6) is -1.80. The minimum atomic E-state index is -1.22. The van der Waals surface area contributed by atoms with E-state index in [0.717, 1.165) is 12.8 Å². The van der Waals surface area contributed by atoms with Gasteiger partial charge in [0.1, 0.15) is 25.1 Å². The van der Waals surface area contributed by atoms with E-state index in [9.17, 15) is 19.5 Å². The molecule has 0 saturated carbocycles. The van der Waals surface area contributed by atoms with Crippen molar-refractivity contribution in [1.29, 1.82) is 0 Å². The summed E-state index contributed by atoms with van der Waals surface area (Å²) in [6, 6.07) is 9.11. The number of amides is 1. The Kier molecular flexibility index (Phi) is 8.30. The van der Waals surface area contributed by atoms with E-state index in [2.05, 4.69) is 0 Å². The number of ether oxygens (including phenoxy) is 3. The molecule has 0 aliphatic carbocycles. The molecule has 1 amide bonds. The van der Waals surface area contributed by atoms with Crippen LogP contribution in [0.4, 0.5) is 0 Å². The molecule has 0 bridgehead atoms. The highest BCUT2D eigenvalue weighted by Gasteiger charge is 2.44. The first-order valence-corrected chi connectivity index (χ1v) is 12.4. The summed E-state index contributed by atoms with van der Waals surface area (Å²) in [5, 5.41) is 10.7. The van der Waals surface area contributed by atoms with Gasteiger partial charge in [-0.25, -0.2) is 9.59 Å². The zero-order valence-electron chi connectivity index (χ0n) is 21.2. The lowest BCUT2D eigenvalue weighted by molar-refractivity contribution is -0.156. The van der Waals surface area contributed by atoms with Gasteiger partial charge < -0.3 is 28.3 Å². The molecule has 2 unspecified atom stereocenters. The van der Waals surface area contributed by atoms with Gasteiger partial charge in [0.05, 0.1) is 25.0 Å². The predicted molar refractivity (Wildman–Crippen MR) is 133 cm³/mol. The average Bonchev–Trinajstić information content (AvgIpc) is 3.54. The summed E-state index contributed by atoms with van der Waals surface area (Å²) in [6.45, 7) is 5.91. The number of aliphatic hydroxyl groups is 1. The normalized spacial score (nSPS) is 15.9. The van der Waals surface area contributed by atoms with Gasteiger partial charge in [-0.05, 0) is 18.4 Å². The number of fused-ring (bicyclic) bond motifs is 2. The molecule has 0 radical (unpaired) electrons. The van der Waals surface area contributed by atoms with Crippen molar-refractivity contribution in [1.82, 2.24) is 9.47 Å². The molecule has 1 aliphatic rings. The van der Waals surface area contributed by atoms with Crippen LogP contribution in [0.1, 0.15) is 66.3 Å². The summed E-state index contributed by atoms with van der Waals surface area (Å²) in [5.41, 5.74) is 2.37. The van der Waals surface area contributed by atoms with Gasteiger partial charge in [-0.1, -0.05) is 45.4 Å². The van der Waals surface area contributed by atoms with Crippen LogP contribution in [-0.4, -0.2) is 58.3 Å². The highest BCUT2D eigenvalue weighted by molar-refractivity contribution is 6.01. The van der Waals surface area contributed by atoms with Crippen molar-refractivity contribution in [2.45, 2.75) is 52.6 Å². The van der Waals surface area contributed by atoms with Crippen LogP contribution in [0.2, 0.25) is 0 Å². The van der Waals surface area contributed by atoms with Crippen molar-refractivity contribution in [2.75, 3.05) is 19.8 Å². The van der Waals surface area contributed by atoms with Crippen LogP contribution in [0, 0.1) is 5.92 Å². The number of nitrogens with zero attached hydrogens (tertiary/aromatic N) is 2. The number of furan rings is 1. The minimum absolute atomic E-state index is 0.0189. The Morgan fingerprint density at radius 2 is 1.89 bits per heavy atom. The van der Waals surface area contributed by atoms with Crippen molar-refractivity contribution >= 4 is 28.9 Å². The van der Waals surface area contributed by atoms with E-state index in [1.807, 2.05) is 6.92 Å². The molecule has 1 aromatic carbocycles. The number of rotatable bonds is 12. The number of carbonyl (C=O) groups excluding carboxylic acids is 3. The minimum Gasteiger partial charge on any atom is -0.463 e. The van der Waals surface area contributed by atoms with Crippen molar-refractivity contribution in [3.63, 3.8) is 0 Å². The Hall–Kier alpha value is -3.63. The number of hydrogen-bond acceptors (Lipinski definition) is 8. The molecule has 4 rings (SSSR count). The molecule has 1 N–H and O–H groups in total. The first-order valence-electron chi connectivity index (χ1n) is 12.4.